The van der Waals surface area contributed by atoms with Gasteiger partial charge in [-0.15, -0.1) is 0 Å². The molecule has 6 heteroatoms. The third-order valence-corrected chi connectivity index (χ3v) is 4.61. The molecule has 1 heterocycles. The molecule has 0 atom stereocenters. The van der Waals surface area contributed by atoms with Crippen LogP contribution in [0.3, 0.4) is 0 Å². The molecule has 0 saturated carbocycles. The number of aryl methyl sites for hydroxylation is 2. The summed E-state index contributed by atoms with van der Waals surface area (Å²) in [7, 11) is 3.22. The highest BCUT2D eigenvalue weighted by atomic mass is 16.5. The Morgan fingerprint density at radius 2 is 1.76 bits per heavy atom. The van der Waals surface area contributed by atoms with Crippen LogP contribution in [0, 0.1) is 13.8 Å². The molecule has 0 amide bonds. The van der Waals surface area contributed by atoms with Crippen molar-refractivity contribution in [2.45, 2.75) is 13.8 Å². The summed E-state index contributed by atoms with van der Waals surface area (Å²) in [6.45, 7) is 5.37. The molecule has 0 fully saturated rings. The summed E-state index contributed by atoms with van der Waals surface area (Å²) in [6.07, 6.45) is 0. The van der Waals surface area contributed by atoms with Crippen LogP contribution in [0.2, 0.25) is 0 Å². The molecule has 0 spiro atoms. The van der Waals surface area contributed by atoms with Gasteiger partial charge in [-0.3, -0.25) is 4.99 Å². The van der Waals surface area contributed by atoms with Crippen molar-refractivity contribution in [3.63, 3.8) is 0 Å². The highest BCUT2D eigenvalue weighted by Gasteiger charge is 2.12. The van der Waals surface area contributed by atoms with Gasteiger partial charge in [0, 0.05) is 17.0 Å². The van der Waals surface area contributed by atoms with Crippen molar-refractivity contribution < 1.29 is 23.7 Å². The minimum Gasteiger partial charge on any atom is -0.493 e. The van der Waals surface area contributed by atoms with Crippen molar-refractivity contribution in [2.24, 2.45) is 4.99 Å². The zero-order valence-electron chi connectivity index (χ0n) is 17.3. The SMILES string of the molecule is COc1ccc(-c2cc(=NCCOCCO)c3c(C)cc(C)cc3o2)cc1OC. The van der Waals surface area contributed by atoms with Gasteiger partial charge in [0.25, 0.3) is 0 Å². The molecule has 3 aromatic rings. The van der Waals surface area contributed by atoms with E-state index in [1.807, 2.05) is 37.3 Å². The molecule has 0 radical (unpaired) electrons. The third-order valence-electron chi connectivity index (χ3n) is 4.61. The lowest BCUT2D eigenvalue weighted by Crippen LogP contribution is -2.10. The highest BCUT2D eigenvalue weighted by Crippen LogP contribution is 2.33. The molecule has 0 aliphatic rings. The lowest BCUT2D eigenvalue weighted by molar-refractivity contribution is 0.0975. The summed E-state index contributed by atoms with van der Waals surface area (Å²) in [5.74, 6) is 1.99. The van der Waals surface area contributed by atoms with E-state index in [4.69, 9.17) is 28.7 Å². The number of rotatable bonds is 8. The van der Waals surface area contributed by atoms with Gasteiger partial charge < -0.3 is 23.7 Å². The summed E-state index contributed by atoms with van der Waals surface area (Å²) in [6, 6.07) is 11.8. The van der Waals surface area contributed by atoms with Crippen molar-refractivity contribution >= 4 is 11.0 Å². The Morgan fingerprint density at radius 3 is 2.48 bits per heavy atom. The fraction of sp³-hybridized carbons (Fsp3) is 0.348. The Morgan fingerprint density at radius 1 is 0.966 bits per heavy atom. The first kappa shape index (κ1) is 20.9. The van der Waals surface area contributed by atoms with Gasteiger partial charge in [0.15, 0.2) is 11.5 Å². The largest absolute Gasteiger partial charge is 0.493 e. The summed E-state index contributed by atoms with van der Waals surface area (Å²) < 4.78 is 22.3. The van der Waals surface area contributed by atoms with E-state index in [0.29, 0.717) is 37.0 Å². The number of hydrogen-bond acceptors (Lipinski definition) is 6. The fourth-order valence-corrected chi connectivity index (χ4v) is 3.34. The van der Waals surface area contributed by atoms with Crippen LogP contribution in [0.1, 0.15) is 11.1 Å². The Kier molecular flexibility index (Phi) is 6.90. The zero-order chi connectivity index (χ0) is 20.8. The average molecular weight is 397 g/mol. The number of benzene rings is 2. The minimum absolute atomic E-state index is 0.00891. The van der Waals surface area contributed by atoms with Crippen LogP contribution >= 0.6 is 0 Å². The van der Waals surface area contributed by atoms with E-state index in [1.54, 1.807) is 14.2 Å². The Bertz CT molecular complexity index is 1060. The fourth-order valence-electron chi connectivity index (χ4n) is 3.34. The first-order chi connectivity index (χ1) is 14.1. The maximum atomic E-state index is 8.84. The topological polar surface area (TPSA) is 73.4 Å². The standard InChI is InChI=1S/C23H27NO5/c1-15-11-16(2)23-18(24-7-9-28-10-8-25)14-20(29-22(23)12-15)17-5-6-19(26-3)21(13-17)27-4/h5-6,11-14,25H,7-10H2,1-4H3. The van der Waals surface area contributed by atoms with Gasteiger partial charge in [-0.2, -0.15) is 0 Å². The molecule has 1 aromatic heterocycles. The predicted octanol–water partition coefficient (Wildman–Crippen LogP) is 3.64. The van der Waals surface area contributed by atoms with Gasteiger partial charge in [0.1, 0.15) is 11.3 Å². The Labute approximate surface area is 170 Å². The average Bonchev–Trinajstić information content (AvgIpc) is 2.72. The number of aliphatic hydroxyl groups excluding tert-OH is 1. The van der Waals surface area contributed by atoms with Crippen LogP contribution in [0.15, 0.2) is 45.8 Å². The van der Waals surface area contributed by atoms with Crippen molar-refractivity contribution in [3.8, 4) is 22.8 Å². The number of aliphatic hydroxyl groups is 1. The van der Waals surface area contributed by atoms with Crippen LogP contribution in [0.4, 0.5) is 0 Å². The molecule has 3 rings (SSSR count). The second-order valence-electron chi connectivity index (χ2n) is 6.74. The first-order valence-electron chi connectivity index (χ1n) is 9.54. The molecule has 0 aliphatic carbocycles. The van der Waals surface area contributed by atoms with Gasteiger partial charge in [-0.25, -0.2) is 0 Å². The quantitative estimate of drug-likeness (QED) is 0.588. The molecular formula is C23H27NO5. The first-order valence-corrected chi connectivity index (χ1v) is 9.54. The van der Waals surface area contributed by atoms with Crippen LogP contribution in [0.25, 0.3) is 22.3 Å². The molecule has 1 N–H and O–H groups in total. The van der Waals surface area contributed by atoms with Gasteiger partial charge in [-0.05, 0) is 49.2 Å². The zero-order valence-corrected chi connectivity index (χ0v) is 17.3. The Hall–Kier alpha value is -2.83. The summed E-state index contributed by atoms with van der Waals surface area (Å²) >= 11 is 0. The van der Waals surface area contributed by atoms with Crippen LogP contribution in [0.5, 0.6) is 11.5 Å². The van der Waals surface area contributed by atoms with Gasteiger partial charge in [0.2, 0.25) is 0 Å². The minimum atomic E-state index is 0.00891. The molecule has 0 saturated heterocycles. The van der Waals surface area contributed by atoms with Gasteiger partial charge in [0.05, 0.1) is 45.9 Å². The van der Waals surface area contributed by atoms with E-state index in [0.717, 1.165) is 33.0 Å². The van der Waals surface area contributed by atoms with E-state index in [-0.39, 0.29) is 6.61 Å². The molecule has 0 unspecified atom stereocenters. The van der Waals surface area contributed by atoms with E-state index >= 15 is 0 Å². The van der Waals surface area contributed by atoms with E-state index in [1.165, 1.54) is 0 Å². The van der Waals surface area contributed by atoms with E-state index < -0.39 is 0 Å². The van der Waals surface area contributed by atoms with Crippen molar-refractivity contribution in [1.82, 2.24) is 0 Å². The maximum absolute atomic E-state index is 8.84. The number of fused-ring (bicyclic) bond motifs is 1. The summed E-state index contributed by atoms with van der Waals surface area (Å²) in [4.78, 5) is 4.74. The smallest absolute Gasteiger partial charge is 0.161 e. The Balaban J connectivity index is 2.12. The van der Waals surface area contributed by atoms with Gasteiger partial charge >= 0.3 is 0 Å². The lowest BCUT2D eigenvalue weighted by Gasteiger charge is -2.11. The number of ether oxygens (including phenoxy) is 3. The van der Waals surface area contributed by atoms with Crippen LogP contribution in [-0.4, -0.2) is 45.7 Å². The molecule has 6 nitrogen and oxygen atoms in total. The lowest BCUT2D eigenvalue weighted by atomic mass is 10.0. The normalized spacial score (nSPS) is 11.8. The van der Waals surface area contributed by atoms with Gasteiger partial charge in [-0.1, -0.05) is 6.07 Å². The predicted molar refractivity (Wildman–Crippen MR) is 113 cm³/mol. The van der Waals surface area contributed by atoms with Crippen LogP contribution < -0.4 is 14.8 Å². The number of nitrogens with zero attached hydrogens (tertiary/aromatic N) is 1. The number of methoxy groups -OCH3 is 2. The molecular weight excluding hydrogens is 370 g/mol. The molecule has 29 heavy (non-hydrogen) atoms. The maximum Gasteiger partial charge on any atom is 0.161 e. The highest BCUT2D eigenvalue weighted by molar-refractivity contribution is 5.82. The molecule has 154 valence electrons. The molecule has 0 aliphatic heterocycles. The third kappa shape index (κ3) is 4.78. The van der Waals surface area contributed by atoms with Crippen molar-refractivity contribution in [1.29, 1.82) is 0 Å². The van der Waals surface area contributed by atoms with Crippen LogP contribution in [-0.2, 0) is 4.74 Å². The summed E-state index contributed by atoms with van der Waals surface area (Å²) in [5.41, 5.74) is 3.89. The van der Waals surface area contributed by atoms with E-state index in [9.17, 15) is 0 Å². The number of hydrogen-bond donors (Lipinski definition) is 1. The second-order valence-corrected chi connectivity index (χ2v) is 6.74. The molecule has 0 bridgehead atoms. The van der Waals surface area contributed by atoms with Crippen molar-refractivity contribution in [3.05, 3.63) is 52.9 Å². The van der Waals surface area contributed by atoms with Crippen molar-refractivity contribution in [2.75, 3.05) is 40.6 Å². The molecule has 2 aromatic carbocycles. The van der Waals surface area contributed by atoms with E-state index in [2.05, 4.69) is 13.0 Å². The summed E-state index contributed by atoms with van der Waals surface area (Å²) in [5, 5.41) is 10.7. The second kappa shape index (κ2) is 9.58. The monoisotopic (exact) mass is 397 g/mol.